The SMILES string of the molecule is O=C(O)COc1ccc(C=C2SC(=S)N(Cc3ccco3)C2=O)cc1Cl. The first-order valence-electron chi connectivity index (χ1n) is 7.36. The number of rotatable bonds is 6. The Labute approximate surface area is 163 Å². The summed E-state index contributed by atoms with van der Waals surface area (Å²) in [5, 5.41) is 8.89. The Balaban J connectivity index is 1.75. The summed E-state index contributed by atoms with van der Waals surface area (Å²) in [7, 11) is 0. The van der Waals surface area contributed by atoms with Gasteiger partial charge in [0.2, 0.25) is 0 Å². The second-order valence-corrected chi connectivity index (χ2v) is 7.30. The van der Waals surface area contributed by atoms with E-state index in [1.54, 1.807) is 42.7 Å². The molecule has 1 fully saturated rings. The molecule has 0 radical (unpaired) electrons. The fourth-order valence-corrected chi connectivity index (χ4v) is 3.71. The van der Waals surface area contributed by atoms with Gasteiger partial charge >= 0.3 is 5.97 Å². The fourth-order valence-electron chi connectivity index (χ4n) is 2.21. The maximum absolute atomic E-state index is 12.6. The van der Waals surface area contributed by atoms with E-state index in [-0.39, 0.29) is 23.2 Å². The van der Waals surface area contributed by atoms with Crippen molar-refractivity contribution in [3.63, 3.8) is 0 Å². The molecule has 0 unspecified atom stereocenters. The van der Waals surface area contributed by atoms with E-state index in [0.29, 0.717) is 20.5 Å². The molecule has 1 saturated heterocycles. The smallest absolute Gasteiger partial charge is 0.341 e. The van der Waals surface area contributed by atoms with Gasteiger partial charge in [-0.25, -0.2) is 4.79 Å². The van der Waals surface area contributed by atoms with Crippen LogP contribution in [0.3, 0.4) is 0 Å². The summed E-state index contributed by atoms with van der Waals surface area (Å²) < 4.78 is 10.8. The zero-order valence-corrected chi connectivity index (χ0v) is 15.6. The number of thioether (sulfide) groups is 1. The van der Waals surface area contributed by atoms with E-state index in [1.807, 2.05) is 0 Å². The zero-order chi connectivity index (χ0) is 18.7. The number of halogens is 1. The molecule has 134 valence electrons. The van der Waals surface area contributed by atoms with Crippen LogP contribution in [0.5, 0.6) is 5.75 Å². The van der Waals surface area contributed by atoms with Crippen molar-refractivity contribution < 1.29 is 23.8 Å². The van der Waals surface area contributed by atoms with Crippen LogP contribution in [0.15, 0.2) is 45.9 Å². The second kappa shape index (κ2) is 7.94. The molecular formula is C17H12ClNO5S2. The lowest BCUT2D eigenvalue weighted by atomic mass is 10.2. The zero-order valence-electron chi connectivity index (χ0n) is 13.2. The normalized spacial score (nSPS) is 15.7. The number of carbonyl (C=O) groups is 2. The molecule has 1 aromatic carbocycles. The summed E-state index contributed by atoms with van der Waals surface area (Å²) in [5.41, 5.74) is 0.677. The molecule has 9 heteroatoms. The highest BCUT2D eigenvalue weighted by atomic mass is 35.5. The third-order valence-corrected chi connectivity index (χ3v) is 5.05. The van der Waals surface area contributed by atoms with Crippen LogP contribution in [-0.4, -0.2) is 32.8 Å². The van der Waals surface area contributed by atoms with Gasteiger partial charge in [0.05, 0.1) is 22.7 Å². The number of amides is 1. The standard InChI is InChI=1S/C17H12ClNO5S2/c18-12-6-10(3-4-13(12)24-9-15(20)21)7-14-16(22)19(17(25)26-14)8-11-2-1-5-23-11/h1-7H,8-9H2,(H,20,21). The monoisotopic (exact) mass is 409 g/mol. The number of carbonyl (C=O) groups excluding carboxylic acids is 1. The number of carboxylic acid groups (broad SMARTS) is 1. The summed E-state index contributed by atoms with van der Waals surface area (Å²) in [6.07, 6.45) is 3.22. The van der Waals surface area contributed by atoms with E-state index >= 15 is 0 Å². The van der Waals surface area contributed by atoms with Crippen molar-refractivity contribution in [1.82, 2.24) is 4.90 Å². The van der Waals surface area contributed by atoms with Crippen molar-refractivity contribution in [3.8, 4) is 5.75 Å². The van der Waals surface area contributed by atoms with Crippen molar-refractivity contribution in [2.45, 2.75) is 6.54 Å². The van der Waals surface area contributed by atoms with Crippen molar-refractivity contribution in [1.29, 1.82) is 0 Å². The number of thiocarbonyl (C=S) groups is 1. The highest BCUT2D eigenvalue weighted by Gasteiger charge is 2.32. The summed E-state index contributed by atoms with van der Waals surface area (Å²) in [5.74, 6) is -0.397. The van der Waals surface area contributed by atoms with Crippen molar-refractivity contribution in [2.75, 3.05) is 6.61 Å². The minimum atomic E-state index is -1.09. The van der Waals surface area contributed by atoms with Gasteiger partial charge in [-0.3, -0.25) is 9.69 Å². The van der Waals surface area contributed by atoms with Crippen LogP contribution in [0.1, 0.15) is 11.3 Å². The van der Waals surface area contributed by atoms with E-state index in [0.717, 1.165) is 0 Å². The van der Waals surface area contributed by atoms with E-state index in [2.05, 4.69) is 0 Å². The number of ether oxygens (including phenoxy) is 1. The van der Waals surface area contributed by atoms with Crippen molar-refractivity contribution in [2.24, 2.45) is 0 Å². The van der Waals surface area contributed by atoms with Crippen LogP contribution in [0.2, 0.25) is 5.02 Å². The largest absolute Gasteiger partial charge is 0.480 e. The third kappa shape index (κ3) is 4.27. The highest BCUT2D eigenvalue weighted by Crippen LogP contribution is 2.34. The molecule has 1 amide bonds. The van der Waals surface area contributed by atoms with Gasteiger partial charge in [-0.05, 0) is 35.9 Å². The summed E-state index contributed by atoms with van der Waals surface area (Å²) >= 11 is 12.6. The molecule has 0 aliphatic carbocycles. The Kier molecular flexibility index (Phi) is 5.65. The predicted octanol–water partition coefficient (Wildman–Crippen LogP) is 3.80. The van der Waals surface area contributed by atoms with Gasteiger partial charge < -0.3 is 14.3 Å². The molecule has 6 nitrogen and oxygen atoms in total. The topological polar surface area (TPSA) is 80.0 Å². The maximum atomic E-state index is 12.6. The molecule has 2 aromatic rings. The van der Waals surface area contributed by atoms with Crippen LogP contribution >= 0.6 is 35.6 Å². The molecule has 0 bridgehead atoms. The maximum Gasteiger partial charge on any atom is 0.341 e. The quantitative estimate of drug-likeness (QED) is 0.574. The number of carboxylic acids is 1. The average Bonchev–Trinajstić information content (AvgIpc) is 3.18. The molecule has 1 aliphatic rings. The molecule has 1 aliphatic heterocycles. The van der Waals surface area contributed by atoms with Crippen molar-refractivity contribution in [3.05, 3.63) is 57.8 Å². The Hall–Kier alpha value is -2.29. The lowest BCUT2D eigenvalue weighted by molar-refractivity contribution is -0.139. The molecule has 1 N–H and O–H groups in total. The number of hydrogen-bond donors (Lipinski definition) is 1. The van der Waals surface area contributed by atoms with Gasteiger partial charge in [-0.2, -0.15) is 0 Å². The first-order valence-corrected chi connectivity index (χ1v) is 8.96. The predicted molar refractivity (Wildman–Crippen MR) is 102 cm³/mol. The molecule has 0 atom stereocenters. The molecular weight excluding hydrogens is 398 g/mol. The van der Waals surface area contributed by atoms with Crippen LogP contribution in [0.4, 0.5) is 0 Å². The van der Waals surface area contributed by atoms with Gasteiger partial charge in [-0.1, -0.05) is 41.6 Å². The Morgan fingerprint density at radius 3 is 2.88 bits per heavy atom. The van der Waals surface area contributed by atoms with Gasteiger partial charge in [-0.15, -0.1) is 0 Å². The summed E-state index contributed by atoms with van der Waals surface area (Å²) in [4.78, 5) is 25.0. The van der Waals surface area contributed by atoms with E-state index < -0.39 is 12.6 Å². The Morgan fingerprint density at radius 1 is 1.42 bits per heavy atom. The van der Waals surface area contributed by atoms with E-state index in [4.69, 9.17) is 38.1 Å². The number of hydrogen-bond acceptors (Lipinski definition) is 6. The van der Waals surface area contributed by atoms with Gasteiger partial charge in [0.15, 0.2) is 6.61 Å². The lowest BCUT2D eigenvalue weighted by Gasteiger charge is -2.12. The molecule has 2 heterocycles. The highest BCUT2D eigenvalue weighted by molar-refractivity contribution is 8.26. The minimum Gasteiger partial charge on any atom is -0.480 e. The Bertz CT molecular complexity index is 895. The number of aliphatic carboxylic acids is 1. The van der Waals surface area contributed by atoms with E-state index in [1.165, 1.54) is 16.7 Å². The third-order valence-electron chi connectivity index (χ3n) is 3.37. The minimum absolute atomic E-state index is 0.210. The van der Waals surface area contributed by atoms with Gasteiger partial charge in [0, 0.05) is 0 Å². The summed E-state index contributed by atoms with van der Waals surface area (Å²) in [6.45, 7) is -0.206. The number of benzene rings is 1. The second-order valence-electron chi connectivity index (χ2n) is 5.22. The molecule has 26 heavy (non-hydrogen) atoms. The first kappa shape index (κ1) is 18.5. The van der Waals surface area contributed by atoms with Crippen molar-refractivity contribution >= 4 is 57.9 Å². The first-order chi connectivity index (χ1) is 12.4. The molecule has 0 spiro atoms. The molecule has 0 saturated carbocycles. The van der Waals surface area contributed by atoms with Crippen LogP contribution in [0.25, 0.3) is 6.08 Å². The molecule has 1 aromatic heterocycles. The van der Waals surface area contributed by atoms with Crippen LogP contribution < -0.4 is 4.74 Å². The summed E-state index contributed by atoms with van der Waals surface area (Å²) in [6, 6.07) is 8.36. The van der Waals surface area contributed by atoms with Gasteiger partial charge in [0.25, 0.3) is 5.91 Å². The average molecular weight is 410 g/mol. The molecule has 3 rings (SSSR count). The van der Waals surface area contributed by atoms with Crippen LogP contribution in [0, 0.1) is 0 Å². The lowest BCUT2D eigenvalue weighted by Crippen LogP contribution is -2.27. The van der Waals surface area contributed by atoms with Crippen LogP contribution in [-0.2, 0) is 16.1 Å². The number of nitrogens with zero attached hydrogens (tertiary/aromatic N) is 1. The Morgan fingerprint density at radius 2 is 2.23 bits per heavy atom. The fraction of sp³-hybridized carbons (Fsp3) is 0.118. The van der Waals surface area contributed by atoms with E-state index in [9.17, 15) is 9.59 Å². The van der Waals surface area contributed by atoms with Gasteiger partial charge in [0.1, 0.15) is 15.8 Å². The number of furan rings is 1.